The predicted molar refractivity (Wildman–Crippen MR) is 161 cm³/mol. The van der Waals surface area contributed by atoms with Crippen LogP contribution in [0.25, 0.3) is 0 Å². The van der Waals surface area contributed by atoms with E-state index in [1.165, 1.54) is 24.3 Å². The molecular weight excluding hydrogens is 584 g/mol. The minimum absolute atomic E-state index is 0.00586. The van der Waals surface area contributed by atoms with E-state index in [4.69, 9.17) is 4.74 Å². The molecule has 2 aromatic carbocycles. The van der Waals surface area contributed by atoms with Gasteiger partial charge in [0.2, 0.25) is 20.0 Å². The van der Waals surface area contributed by atoms with Crippen molar-refractivity contribution in [2.24, 2.45) is 5.92 Å². The molecule has 14 heteroatoms. The van der Waals surface area contributed by atoms with E-state index in [1.807, 2.05) is 13.8 Å². The highest BCUT2D eigenvalue weighted by Crippen LogP contribution is 2.28. The maximum atomic E-state index is 13.0. The second-order valence-electron chi connectivity index (χ2n) is 10.9. The van der Waals surface area contributed by atoms with Gasteiger partial charge in [-0.15, -0.1) is 0 Å². The van der Waals surface area contributed by atoms with E-state index < -0.39 is 38.2 Å². The minimum atomic E-state index is -3.93. The number of carbonyl (C=O) groups is 1. The Morgan fingerprint density at radius 2 is 1.71 bits per heavy atom. The number of esters is 1. The van der Waals surface area contributed by atoms with Gasteiger partial charge < -0.3 is 25.2 Å². The Balaban J connectivity index is 1.54. The molecule has 5 N–H and O–H groups in total. The number of ether oxygens (including phenoxy) is 1. The lowest BCUT2D eigenvalue weighted by Gasteiger charge is -2.34. The number of nitrogens with one attached hydrogen (secondary N) is 3. The van der Waals surface area contributed by atoms with Crippen LogP contribution in [-0.2, 0) is 29.6 Å². The van der Waals surface area contributed by atoms with Crippen LogP contribution in [0, 0.1) is 5.92 Å². The summed E-state index contributed by atoms with van der Waals surface area (Å²) < 4.78 is 58.8. The summed E-state index contributed by atoms with van der Waals surface area (Å²) >= 11 is 0. The van der Waals surface area contributed by atoms with E-state index in [9.17, 15) is 31.8 Å². The van der Waals surface area contributed by atoms with Crippen LogP contribution in [0.1, 0.15) is 51.7 Å². The molecule has 2 aromatic rings. The van der Waals surface area contributed by atoms with Crippen LogP contribution in [0.4, 0.5) is 11.4 Å². The second kappa shape index (κ2) is 14.5. The molecule has 0 radical (unpaired) electrons. The van der Waals surface area contributed by atoms with E-state index in [1.54, 1.807) is 25.1 Å². The number of piperidine rings is 1. The Bertz CT molecular complexity index is 1410. The average Bonchev–Trinajstić information content (AvgIpc) is 2.92. The molecule has 0 saturated carbocycles. The van der Waals surface area contributed by atoms with Crippen molar-refractivity contribution in [2.75, 3.05) is 42.1 Å². The molecule has 0 amide bonds. The molecule has 42 heavy (non-hydrogen) atoms. The number of carbonyl (C=O) groups excluding carboxylic acids is 1. The van der Waals surface area contributed by atoms with Crippen LogP contribution in [0.2, 0.25) is 0 Å². The van der Waals surface area contributed by atoms with Gasteiger partial charge in [-0.1, -0.05) is 19.9 Å². The fourth-order valence-electron chi connectivity index (χ4n) is 4.78. The largest absolute Gasteiger partial charge is 0.506 e. The van der Waals surface area contributed by atoms with E-state index in [0.717, 1.165) is 37.9 Å². The zero-order valence-electron chi connectivity index (χ0n) is 24.4. The highest BCUT2D eigenvalue weighted by molar-refractivity contribution is 7.92. The van der Waals surface area contributed by atoms with Gasteiger partial charge in [-0.2, -0.15) is 4.72 Å². The number of phenolic OH excluding ortho intramolecular Hbond substituents is 1. The molecule has 2 atom stereocenters. The number of benzene rings is 2. The summed E-state index contributed by atoms with van der Waals surface area (Å²) in [6.07, 6.45) is 1.99. The van der Waals surface area contributed by atoms with Gasteiger partial charge in [-0.3, -0.25) is 9.52 Å². The molecule has 2 unspecified atom stereocenters. The topological polar surface area (TPSA) is 174 Å². The lowest BCUT2D eigenvalue weighted by molar-refractivity contribution is -0.145. The molecule has 0 aliphatic carbocycles. The first-order chi connectivity index (χ1) is 19.7. The number of rotatable bonds is 14. The predicted octanol–water partition coefficient (Wildman–Crippen LogP) is 2.31. The molecule has 12 nitrogen and oxygen atoms in total. The fourth-order valence-corrected chi connectivity index (χ4v) is 6.54. The van der Waals surface area contributed by atoms with Gasteiger partial charge in [0.1, 0.15) is 11.8 Å². The molecule has 1 fully saturated rings. The van der Waals surface area contributed by atoms with Crippen molar-refractivity contribution in [3.8, 4) is 5.75 Å². The average molecular weight is 627 g/mol. The Kier molecular flexibility index (Phi) is 11.6. The molecule has 3 rings (SSSR count). The summed E-state index contributed by atoms with van der Waals surface area (Å²) in [6.45, 7) is 7.34. The van der Waals surface area contributed by atoms with Gasteiger partial charge in [0.05, 0.1) is 29.5 Å². The molecule has 1 heterocycles. The number of aromatic hydroxyl groups is 1. The number of anilines is 2. The Hall–Kier alpha value is -2.91. The Morgan fingerprint density at radius 3 is 2.29 bits per heavy atom. The maximum absolute atomic E-state index is 13.0. The number of hydrogen-bond acceptors (Lipinski definition) is 10. The van der Waals surface area contributed by atoms with Crippen LogP contribution in [0.15, 0.2) is 47.4 Å². The van der Waals surface area contributed by atoms with Crippen LogP contribution < -0.4 is 19.7 Å². The summed E-state index contributed by atoms with van der Waals surface area (Å²) in [7, 11) is -7.51. The zero-order valence-corrected chi connectivity index (χ0v) is 26.0. The first-order valence-corrected chi connectivity index (χ1v) is 17.3. The van der Waals surface area contributed by atoms with Crippen LogP contribution >= 0.6 is 0 Å². The smallest absolute Gasteiger partial charge is 0.324 e. The van der Waals surface area contributed by atoms with Gasteiger partial charge in [0.15, 0.2) is 0 Å². The van der Waals surface area contributed by atoms with Crippen LogP contribution in [0.3, 0.4) is 0 Å². The van der Waals surface area contributed by atoms with E-state index in [2.05, 4.69) is 19.7 Å². The van der Waals surface area contributed by atoms with E-state index in [-0.39, 0.29) is 41.4 Å². The highest BCUT2D eigenvalue weighted by Gasteiger charge is 2.28. The maximum Gasteiger partial charge on any atom is 0.324 e. The third-order valence-corrected chi connectivity index (χ3v) is 8.96. The highest BCUT2D eigenvalue weighted by atomic mass is 32.2. The number of aliphatic hydroxyl groups is 1. The van der Waals surface area contributed by atoms with Crippen molar-refractivity contribution in [1.82, 2.24) is 10.0 Å². The third kappa shape index (κ3) is 9.83. The van der Waals surface area contributed by atoms with Gasteiger partial charge in [-0.25, -0.2) is 16.8 Å². The lowest BCUT2D eigenvalue weighted by atomic mass is 10.0. The monoisotopic (exact) mass is 626 g/mol. The molecule has 1 aliphatic rings. The number of sulfonamides is 2. The van der Waals surface area contributed by atoms with Crippen molar-refractivity contribution in [3.63, 3.8) is 0 Å². The standard InChI is InChI=1S/C28H42N4O8S2/c1-5-40-28(35)25(16-19(2)3)31-42(38,39)23-9-7-22(8-10-23)32-14-12-21(13-15-32)29-18-27(34)20-6-11-26(33)24(17-20)30-41(4,36)37/h6-11,17,19,21,25,27,29-31,33-34H,5,12-16,18H2,1-4H3. The molecule has 0 spiro atoms. The van der Waals surface area contributed by atoms with Gasteiger partial charge in [-0.05, 0) is 74.1 Å². The summed E-state index contributed by atoms with van der Waals surface area (Å²) in [5.74, 6) is -0.729. The minimum Gasteiger partial charge on any atom is -0.506 e. The van der Waals surface area contributed by atoms with Crippen molar-refractivity contribution in [3.05, 3.63) is 48.0 Å². The van der Waals surface area contributed by atoms with Crippen molar-refractivity contribution < 1.29 is 36.6 Å². The SMILES string of the molecule is CCOC(=O)C(CC(C)C)NS(=O)(=O)c1ccc(N2CCC(NCC(O)c3ccc(O)c(NS(C)(=O)=O)c3)CC2)cc1. The van der Waals surface area contributed by atoms with E-state index in [0.29, 0.717) is 12.0 Å². The Labute approximate surface area is 248 Å². The third-order valence-electron chi connectivity index (χ3n) is 6.88. The summed E-state index contributed by atoms with van der Waals surface area (Å²) in [6, 6.07) is 10.0. The van der Waals surface area contributed by atoms with Crippen molar-refractivity contribution in [1.29, 1.82) is 0 Å². The van der Waals surface area contributed by atoms with Crippen LogP contribution in [-0.4, -0.2) is 77.6 Å². The first-order valence-electron chi connectivity index (χ1n) is 13.9. The molecule has 234 valence electrons. The van der Waals surface area contributed by atoms with E-state index >= 15 is 0 Å². The fraction of sp³-hybridized carbons (Fsp3) is 0.536. The molecule has 1 aliphatic heterocycles. The quantitative estimate of drug-likeness (QED) is 0.155. The van der Waals surface area contributed by atoms with Gasteiger partial charge >= 0.3 is 5.97 Å². The van der Waals surface area contributed by atoms with Crippen LogP contribution in [0.5, 0.6) is 5.75 Å². The summed E-state index contributed by atoms with van der Waals surface area (Å²) in [5, 5.41) is 23.9. The summed E-state index contributed by atoms with van der Waals surface area (Å²) in [5.41, 5.74) is 1.35. The zero-order chi connectivity index (χ0) is 31.1. The second-order valence-corrected chi connectivity index (χ2v) is 14.3. The Morgan fingerprint density at radius 1 is 1.07 bits per heavy atom. The number of phenols is 1. The van der Waals surface area contributed by atoms with Gasteiger partial charge in [0.25, 0.3) is 0 Å². The normalized spacial score (nSPS) is 16.3. The van der Waals surface area contributed by atoms with Crippen molar-refractivity contribution >= 4 is 37.4 Å². The first kappa shape index (κ1) is 33.6. The number of aliphatic hydroxyl groups excluding tert-OH is 1. The molecule has 0 bridgehead atoms. The molecule has 1 saturated heterocycles. The number of hydrogen-bond donors (Lipinski definition) is 5. The molecular formula is C28H42N4O8S2. The van der Waals surface area contributed by atoms with Crippen molar-refractivity contribution in [2.45, 2.75) is 63.1 Å². The number of nitrogens with zero attached hydrogens (tertiary/aromatic N) is 1. The lowest BCUT2D eigenvalue weighted by Crippen LogP contribution is -2.43. The van der Waals surface area contributed by atoms with Gasteiger partial charge in [0, 0.05) is 31.4 Å². The summed E-state index contributed by atoms with van der Waals surface area (Å²) in [4.78, 5) is 14.5. The molecule has 0 aromatic heterocycles.